The quantitative estimate of drug-likeness (QED) is 0.706. The first-order valence-electron chi connectivity index (χ1n) is 8.54. The summed E-state index contributed by atoms with van der Waals surface area (Å²) in [7, 11) is 1.71. The van der Waals surface area contributed by atoms with Crippen LogP contribution >= 0.6 is 23.7 Å². The lowest BCUT2D eigenvalue weighted by Crippen LogP contribution is -2.47. The van der Waals surface area contributed by atoms with Gasteiger partial charge in [-0.2, -0.15) is 4.98 Å². The molecule has 9 heteroatoms. The van der Waals surface area contributed by atoms with E-state index < -0.39 is 0 Å². The van der Waals surface area contributed by atoms with E-state index in [1.54, 1.807) is 18.4 Å². The zero-order valence-corrected chi connectivity index (χ0v) is 16.5. The Bertz CT molecular complexity index is 666. The van der Waals surface area contributed by atoms with Gasteiger partial charge in [0.05, 0.1) is 11.5 Å². The molecular formula is C17H25ClN4O3S. The molecule has 2 aromatic rings. The number of aromatic nitrogens is 2. The molecule has 0 radical (unpaired) electrons. The molecule has 144 valence electrons. The number of nitrogens with one attached hydrogen (secondary N) is 2. The van der Waals surface area contributed by atoms with Gasteiger partial charge in [0.1, 0.15) is 0 Å². The molecule has 2 N–H and O–H groups in total. The van der Waals surface area contributed by atoms with Crippen LogP contribution in [0.3, 0.4) is 0 Å². The van der Waals surface area contributed by atoms with E-state index in [-0.39, 0.29) is 23.7 Å². The summed E-state index contributed by atoms with van der Waals surface area (Å²) in [6, 6.07) is 3.89. The van der Waals surface area contributed by atoms with Crippen molar-refractivity contribution in [2.75, 3.05) is 33.4 Å². The number of carbonyl (C=O) groups is 1. The number of rotatable bonds is 8. The third-order valence-electron chi connectivity index (χ3n) is 4.55. The van der Waals surface area contributed by atoms with Crippen LogP contribution in [0.2, 0.25) is 0 Å². The Morgan fingerprint density at radius 2 is 2.27 bits per heavy atom. The van der Waals surface area contributed by atoms with Crippen molar-refractivity contribution in [1.82, 2.24) is 20.8 Å². The monoisotopic (exact) mass is 400 g/mol. The number of piperidine rings is 1. The molecule has 1 saturated heterocycles. The average molecular weight is 401 g/mol. The summed E-state index contributed by atoms with van der Waals surface area (Å²) in [6.07, 6.45) is 2.81. The fraction of sp³-hybridized carbons (Fsp3) is 0.588. The van der Waals surface area contributed by atoms with E-state index in [4.69, 9.17) is 9.26 Å². The number of ether oxygens (including phenoxy) is 1. The molecule has 7 nitrogen and oxygen atoms in total. The van der Waals surface area contributed by atoms with Gasteiger partial charge in [0.2, 0.25) is 17.6 Å². The summed E-state index contributed by atoms with van der Waals surface area (Å²) >= 11 is 1.56. The minimum absolute atomic E-state index is 0. The summed E-state index contributed by atoms with van der Waals surface area (Å²) in [4.78, 5) is 17.5. The van der Waals surface area contributed by atoms with Gasteiger partial charge in [0, 0.05) is 31.9 Å². The number of thiophene rings is 1. The van der Waals surface area contributed by atoms with Crippen LogP contribution < -0.4 is 10.6 Å². The highest BCUT2D eigenvalue weighted by molar-refractivity contribution is 7.13. The van der Waals surface area contributed by atoms with Crippen LogP contribution in [-0.4, -0.2) is 49.4 Å². The molecule has 1 amide bonds. The molecule has 1 aliphatic rings. The van der Waals surface area contributed by atoms with Gasteiger partial charge in [0.15, 0.2) is 0 Å². The largest absolute Gasteiger partial charge is 0.384 e. The predicted octanol–water partition coefficient (Wildman–Crippen LogP) is 2.28. The second kappa shape index (κ2) is 10.0. The number of nitrogens with zero attached hydrogens (tertiary/aromatic N) is 2. The maximum Gasteiger partial charge on any atom is 0.227 e. The van der Waals surface area contributed by atoms with Gasteiger partial charge in [-0.15, -0.1) is 23.7 Å². The summed E-state index contributed by atoms with van der Waals surface area (Å²) in [6.45, 7) is 3.24. The first-order chi connectivity index (χ1) is 12.2. The zero-order chi connectivity index (χ0) is 17.5. The summed E-state index contributed by atoms with van der Waals surface area (Å²) < 4.78 is 10.6. The van der Waals surface area contributed by atoms with E-state index in [1.807, 2.05) is 17.5 Å². The second-order valence-electron chi connectivity index (χ2n) is 6.45. The molecule has 0 aromatic carbocycles. The van der Waals surface area contributed by atoms with Crippen LogP contribution in [0.15, 0.2) is 22.0 Å². The highest BCUT2D eigenvalue weighted by Gasteiger charge is 2.32. The fourth-order valence-electron chi connectivity index (χ4n) is 3.09. The Labute approximate surface area is 163 Å². The lowest BCUT2D eigenvalue weighted by atomic mass is 9.79. The summed E-state index contributed by atoms with van der Waals surface area (Å²) in [5.74, 6) is 1.08. The number of hydrogen-bond donors (Lipinski definition) is 2. The SMILES string of the molecule is COCC1(CNC(=O)CCc2nc(-c3cccs3)no2)CCNCC1.Cl. The molecule has 1 fully saturated rings. The highest BCUT2D eigenvalue weighted by Crippen LogP contribution is 2.28. The zero-order valence-electron chi connectivity index (χ0n) is 14.8. The third-order valence-corrected chi connectivity index (χ3v) is 5.42. The van der Waals surface area contributed by atoms with Crippen LogP contribution in [0.4, 0.5) is 0 Å². The summed E-state index contributed by atoms with van der Waals surface area (Å²) in [5.41, 5.74) is 0.0342. The fourth-order valence-corrected chi connectivity index (χ4v) is 3.74. The molecule has 0 unspecified atom stereocenters. The summed E-state index contributed by atoms with van der Waals surface area (Å²) in [5, 5.41) is 12.3. The maximum atomic E-state index is 12.2. The first kappa shape index (κ1) is 20.8. The molecule has 3 rings (SSSR count). The Morgan fingerprint density at radius 1 is 1.46 bits per heavy atom. The van der Waals surface area contributed by atoms with E-state index in [1.165, 1.54) is 0 Å². The van der Waals surface area contributed by atoms with Crippen molar-refractivity contribution >= 4 is 29.7 Å². The number of halogens is 1. The van der Waals surface area contributed by atoms with Crippen LogP contribution in [0, 0.1) is 5.41 Å². The Kier molecular flexibility index (Phi) is 8.02. The molecule has 2 aromatic heterocycles. The smallest absolute Gasteiger partial charge is 0.227 e. The van der Waals surface area contributed by atoms with Crippen molar-refractivity contribution in [3.05, 3.63) is 23.4 Å². The number of carbonyl (C=O) groups excluding carboxylic acids is 1. The topological polar surface area (TPSA) is 89.3 Å². The molecular weight excluding hydrogens is 376 g/mol. The number of hydrogen-bond acceptors (Lipinski definition) is 7. The molecule has 0 aliphatic carbocycles. The minimum Gasteiger partial charge on any atom is -0.384 e. The van der Waals surface area contributed by atoms with Gasteiger partial charge in [-0.1, -0.05) is 11.2 Å². The normalized spacial score (nSPS) is 16.0. The number of aryl methyl sites for hydroxylation is 1. The number of amides is 1. The van der Waals surface area contributed by atoms with Gasteiger partial charge in [-0.25, -0.2) is 0 Å². The van der Waals surface area contributed by atoms with Crippen molar-refractivity contribution in [3.63, 3.8) is 0 Å². The van der Waals surface area contributed by atoms with Gasteiger partial charge < -0.3 is 19.9 Å². The van der Waals surface area contributed by atoms with E-state index in [9.17, 15) is 4.79 Å². The second-order valence-corrected chi connectivity index (χ2v) is 7.40. The molecule has 0 saturated carbocycles. The molecule has 3 heterocycles. The minimum atomic E-state index is 0. The van der Waals surface area contributed by atoms with Crippen LogP contribution in [0.5, 0.6) is 0 Å². The molecule has 0 bridgehead atoms. The van der Waals surface area contributed by atoms with Crippen molar-refractivity contribution < 1.29 is 14.1 Å². The number of methoxy groups -OCH3 is 1. The Morgan fingerprint density at radius 3 is 2.96 bits per heavy atom. The van der Waals surface area contributed by atoms with Crippen LogP contribution in [0.25, 0.3) is 10.7 Å². The van der Waals surface area contributed by atoms with E-state index in [0.29, 0.717) is 37.7 Å². The predicted molar refractivity (Wildman–Crippen MR) is 103 cm³/mol. The lowest BCUT2D eigenvalue weighted by Gasteiger charge is -2.37. The molecule has 0 spiro atoms. The van der Waals surface area contributed by atoms with Crippen LogP contribution in [-0.2, 0) is 16.0 Å². The first-order valence-corrected chi connectivity index (χ1v) is 9.42. The van der Waals surface area contributed by atoms with Gasteiger partial charge in [0.25, 0.3) is 0 Å². The van der Waals surface area contributed by atoms with Crippen LogP contribution in [0.1, 0.15) is 25.2 Å². The van der Waals surface area contributed by atoms with Crippen molar-refractivity contribution in [2.24, 2.45) is 5.41 Å². The standard InChI is InChI=1S/C17H24N4O3S.ClH/c1-23-12-17(6-8-18-9-7-17)11-19-14(22)4-5-15-20-16(21-24-15)13-3-2-10-25-13;/h2-3,10,18H,4-9,11-12H2,1H3,(H,19,22);1H. The molecule has 0 atom stereocenters. The Balaban J connectivity index is 0.00000243. The Hall–Kier alpha value is -1.48. The average Bonchev–Trinajstić information content (AvgIpc) is 3.30. The van der Waals surface area contributed by atoms with E-state index in [2.05, 4.69) is 20.8 Å². The van der Waals surface area contributed by atoms with E-state index >= 15 is 0 Å². The third kappa shape index (κ3) is 5.51. The lowest BCUT2D eigenvalue weighted by molar-refractivity contribution is -0.122. The van der Waals surface area contributed by atoms with Gasteiger partial charge in [-0.05, 0) is 37.4 Å². The molecule has 1 aliphatic heterocycles. The maximum absolute atomic E-state index is 12.2. The van der Waals surface area contributed by atoms with E-state index in [0.717, 1.165) is 30.8 Å². The van der Waals surface area contributed by atoms with Gasteiger partial charge in [-0.3, -0.25) is 4.79 Å². The van der Waals surface area contributed by atoms with Crippen molar-refractivity contribution in [2.45, 2.75) is 25.7 Å². The molecule has 26 heavy (non-hydrogen) atoms. The van der Waals surface area contributed by atoms with Gasteiger partial charge >= 0.3 is 0 Å². The van der Waals surface area contributed by atoms with Crippen molar-refractivity contribution in [1.29, 1.82) is 0 Å². The highest BCUT2D eigenvalue weighted by atomic mass is 35.5. The van der Waals surface area contributed by atoms with Crippen molar-refractivity contribution in [3.8, 4) is 10.7 Å².